The number of carboxylic acids is 1. The number of rotatable bonds is 4. The molecular weight excluding hydrogens is 170 g/mol. The van der Waals surface area contributed by atoms with Gasteiger partial charge in [-0.3, -0.25) is 4.79 Å². The second-order valence-corrected chi connectivity index (χ2v) is 2.51. The Morgan fingerprint density at radius 1 is 1.54 bits per heavy atom. The monoisotopic (exact) mass is 181 g/mol. The minimum Gasteiger partial charge on any atom is -0.480 e. The van der Waals surface area contributed by atoms with Crippen molar-refractivity contribution in [2.24, 2.45) is 0 Å². The summed E-state index contributed by atoms with van der Waals surface area (Å²) in [6.07, 6.45) is 0.826. The van der Waals surface area contributed by atoms with Crippen LogP contribution in [-0.4, -0.2) is 27.8 Å². The number of carbonyl (C=O) groups is 1. The Morgan fingerprint density at radius 2 is 2.31 bits per heavy atom. The minimum absolute atomic E-state index is 0.139. The predicted octanol–water partition coefficient (Wildman–Crippen LogP) is 0.535. The number of nitrogens with one attached hydrogen (secondary N) is 1. The Bertz CT molecular complexity index is 284. The van der Waals surface area contributed by atoms with E-state index in [1.165, 1.54) is 0 Å². The molecule has 0 aromatic carbocycles. The van der Waals surface area contributed by atoms with E-state index in [-0.39, 0.29) is 6.54 Å². The van der Waals surface area contributed by atoms with Crippen LogP contribution in [0, 0.1) is 0 Å². The second-order valence-electron chi connectivity index (χ2n) is 2.51. The Kier molecular flexibility index (Phi) is 3.19. The molecule has 0 saturated heterocycles. The third-order valence-corrected chi connectivity index (χ3v) is 1.50. The largest absolute Gasteiger partial charge is 0.480 e. The van der Waals surface area contributed by atoms with E-state index in [1.807, 2.05) is 13.0 Å². The van der Waals surface area contributed by atoms with Gasteiger partial charge in [0.05, 0.1) is 5.69 Å². The molecule has 13 heavy (non-hydrogen) atoms. The fourth-order valence-electron chi connectivity index (χ4n) is 0.809. The summed E-state index contributed by atoms with van der Waals surface area (Å²) in [6.45, 7) is 1.84. The summed E-state index contributed by atoms with van der Waals surface area (Å²) in [5.41, 5.74) is 0.890. The molecule has 2 N–H and O–H groups in total. The number of aromatic nitrogens is 2. The summed E-state index contributed by atoms with van der Waals surface area (Å²) in [5.74, 6) is -0.430. The van der Waals surface area contributed by atoms with Gasteiger partial charge in [0, 0.05) is 0 Å². The second kappa shape index (κ2) is 4.39. The fourth-order valence-corrected chi connectivity index (χ4v) is 0.809. The molecule has 5 nitrogen and oxygen atoms in total. The SMILES string of the molecule is CCc1ccc(NCC(=O)O)nn1. The third kappa shape index (κ3) is 3.06. The number of anilines is 1. The average Bonchev–Trinajstić information content (AvgIpc) is 2.15. The molecule has 0 bridgehead atoms. The van der Waals surface area contributed by atoms with Crippen molar-refractivity contribution in [1.29, 1.82) is 0 Å². The number of carboxylic acid groups (broad SMARTS) is 1. The lowest BCUT2D eigenvalue weighted by Gasteiger charge is -2.01. The molecule has 1 heterocycles. The van der Waals surface area contributed by atoms with Gasteiger partial charge in [-0.25, -0.2) is 0 Å². The maximum Gasteiger partial charge on any atom is 0.322 e. The summed E-state index contributed by atoms with van der Waals surface area (Å²) < 4.78 is 0. The zero-order chi connectivity index (χ0) is 9.68. The standard InChI is InChI=1S/C8H11N3O2/c1-2-6-3-4-7(11-10-6)9-5-8(12)13/h3-4H,2,5H2,1H3,(H,9,11)(H,12,13). The van der Waals surface area contributed by atoms with Gasteiger partial charge in [0.2, 0.25) is 0 Å². The lowest BCUT2D eigenvalue weighted by molar-refractivity contribution is -0.134. The highest BCUT2D eigenvalue weighted by molar-refractivity contribution is 5.72. The highest BCUT2D eigenvalue weighted by Crippen LogP contribution is 2.01. The van der Waals surface area contributed by atoms with Crippen molar-refractivity contribution in [2.45, 2.75) is 13.3 Å². The molecule has 0 saturated carbocycles. The quantitative estimate of drug-likeness (QED) is 0.708. The van der Waals surface area contributed by atoms with Crippen molar-refractivity contribution in [3.63, 3.8) is 0 Å². The van der Waals surface area contributed by atoms with E-state index in [9.17, 15) is 4.79 Å². The molecule has 0 spiro atoms. The number of hydrogen-bond acceptors (Lipinski definition) is 4. The lowest BCUT2D eigenvalue weighted by Crippen LogP contribution is -2.13. The van der Waals surface area contributed by atoms with Crippen LogP contribution < -0.4 is 5.32 Å². The summed E-state index contributed by atoms with van der Waals surface area (Å²) in [6, 6.07) is 3.53. The van der Waals surface area contributed by atoms with Gasteiger partial charge in [0.15, 0.2) is 0 Å². The van der Waals surface area contributed by atoms with Crippen LogP contribution in [0.1, 0.15) is 12.6 Å². The van der Waals surface area contributed by atoms with Gasteiger partial charge in [-0.05, 0) is 18.6 Å². The summed E-state index contributed by atoms with van der Waals surface area (Å²) in [4.78, 5) is 10.2. The summed E-state index contributed by atoms with van der Waals surface area (Å²) >= 11 is 0. The van der Waals surface area contributed by atoms with E-state index >= 15 is 0 Å². The maximum atomic E-state index is 10.2. The molecule has 0 fully saturated rings. The van der Waals surface area contributed by atoms with Crippen LogP contribution in [0.5, 0.6) is 0 Å². The lowest BCUT2D eigenvalue weighted by atomic mass is 10.3. The van der Waals surface area contributed by atoms with Gasteiger partial charge >= 0.3 is 5.97 Å². The maximum absolute atomic E-state index is 10.2. The van der Waals surface area contributed by atoms with Crippen LogP contribution in [0.4, 0.5) is 5.82 Å². The highest BCUT2D eigenvalue weighted by atomic mass is 16.4. The van der Waals surface area contributed by atoms with Crippen molar-refractivity contribution in [1.82, 2.24) is 10.2 Å². The Balaban J connectivity index is 2.54. The average molecular weight is 181 g/mol. The Labute approximate surface area is 75.8 Å². The number of hydrogen-bond donors (Lipinski definition) is 2. The van der Waals surface area contributed by atoms with E-state index in [0.29, 0.717) is 5.82 Å². The third-order valence-electron chi connectivity index (χ3n) is 1.50. The zero-order valence-corrected chi connectivity index (χ0v) is 7.32. The van der Waals surface area contributed by atoms with Crippen LogP contribution in [0.25, 0.3) is 0 Å². The first kappa shape index (κ1) is 9.44. The van der Waals surface area contributed by atoms with Crippen LogP contribution in [-0.2, 0) is 11.2 Å². The molecule has 1 aromatic heterocycles. The fraction of sp³-hybridized carbons (Fsp3) is 0.375. The molecule has 0 unspecified atom stereocenters. The van der Waals surface area contributed by atoms with Gasteiger partial charge in [-0.1, -0.05) is 6.92 Å². The normalized spacial score (nSPS) is 9.62. The van der Waals surface area contributed by atoms with E-state index in [0.717, 1.165) is 12.1 Å². The Hall–Kier alpha value is -1.65. The topological polar surface area (TPSA) is 75.1 Å². The smallest absolute Gasteiger partial charge is 0.322 e. The zero-order valence-electron chi connectivity index (χ0n) is 7.32. The molecule has 0 aliphatic rings. The van der Waals surface area contributed by atoms with Crippen molar-refractivity contribution in [3.05, 3.63) is 17.8 Å². The van der Waals surface area contributed by atoms with E-state index in [2.05, 4.69) is 15.5 Å². The van der Waals surface area contributed by atoms with Crippen molar-refractivity contribution in [2.75, 3.05) is 11.9 Å². The van der Waals surface area contributed by atoms with E-state index in [4.69, 9.17) is 5.11 Å². The molecule has 1 rings (SSSR count). The van der Waals surface area contributed by atoms with Gasteiger partial charge in [0.25, 0.3) is 0 Å². The van der Waals surface area contributed by atoms with E-state index in [1.54, 1.807) is 6.07 Å². The van der Waals surface area contributed by atoms with Gasteiger partial charge in [-0.2, -0.15) is 5.10 Å². The van der Waals surface area contributed by atoms with Gasteiger partial charge in [0.1, 0.15) is 12.4 Å². The van der Waals surface area contributed by atoms with Crippen LogP contribution in [0.2, 0.25) is 0 Å². The number of aryl methyl sites for hydroxylation is 1. The van der Waals surface area contributed by atoms with Crippen molar-refractivity contribution < 1.29 is 9.90 Å². The minimum atomic E-state index is -0.915. The van der Waals surface area contributed by atoms with Crippen molar-refractivity contribution in [3.8, 4) is 0 Å². The molecular formula is C8H11N3O2. The number of aliphatic carboxylic acids is 1. The first-order chi connectivity index (χ1) is 6.22. The van der Waals surface area contributed by atoms with Gasteiger partial charge < -0.3 is 10.4 Å². The molecule has 70 valence electrons. The van der Waals surface area contributed by atoms with Crippen LogP contribution in [0.3, 0.4) is 0 Å². The number of nitrogens with zero attached hydrogens (tertiary/aromatic N) is 2. The van der Waals surface area contributed by atoms with Crippen LogP contribution in [0.15, 0.2) is 12.1 Å². The first-order valence-electron chi connectivity index (χ1n) is 4.00. The molecule has 1 aromatic rings. The molecule has 0 radical (unpaired) electrons. The summed E-state index contributed by atoms with van der Waals surface area (Å²) in [7, 11) is 0. The molecule has 5 heteroatoms. The first-order valence-corrected chi connectivity index (χ1v) is 4.00. The molecule has 0 atom stereocenters. The highest BCUT2D eigenvalue weighted by Gasteiger charge is 1.98. The van der Waals surface area contributed by atoms with Gasteiger partial charge in [-0.15, -0.1) is 5.10 Å². The Morgan fingerprint density at radius 3 is 2.77 bits per heavy atom. The molecule has 0 aliphatic heterocycles. The van der Waals surface area contributed by atoms with E-state index < -0.39 is 5.97 Å². The van der Waals surface area contributed by atoms with Crippen LogP contribution >= 0.6 is 0 Å². The van der Waals surface area contributed by atoms with Crippen molar-refractivity contribution >= 4 is 11.8 Å². The summed E-state index contributed by atoms with van der Waals surface area (Å²) in [5, 5.41) is 18.7. The molecule has 0 aliphatic carbocycles. The predicted molar refractivity (Wildman–Crippen MR) is 47.5 cm³/mol. The molecule has 0 amide bonds.